The summed E-state index contributed by atoms with van der Waals surface area (Å²) in [5, 5.41) is 3.67. The predicted molar refractivity (Wildman–Crippen MR) is 82.8 cm³/mol. The van der Waals surface area contributed by atoms with E-state index in [1.165, 1.54) is 9.80 Å². The lowest BCUT2D eigenvalue weighted by Crippen LogP contribution is -2.53. The molecule has 9 heteroatoms. The van der Waals surface area contributed by atoms with Crippen molar-refractivity contribution in [2.24, 2.45) is 0 Å². The number of nitrogens with one attached hydrogen (secondary N) is 1. The first-order valence-electron chi connectivity index (χ1n) is 7.00. The number of amides is 2. The molecule has 1 N–H and O–H groups in total. The Hall–Kier alpha value is -1.18. The van der Waals surface area contributed by atoms with Gasteiger partial charge in [0.2, 0.25) is 0 Å². The van der Waals surface area contributed by atoms with Crippen molar-refractivity contribution in [3.05, 3.63) is 33.8 Å². The van der Waals surface area contributed by atoms with E-state index in [4.69, 9.17) is 23.2 Å². The largest absolute Gasteiger partial charge is 0.401 e. The Morgan fingerprint density at radius 1 is 1.17 bits per heavy atom. The number of halogens is 5. The number of carbonyl (C=O) groups excluding carboxylic acids is 1. The zero-order valence-corrected chi connectivity index (χ0v) is 13.7. The number of rotatable bonds is 3. The molecule has 0 bridgehead atoms. The summed E-state index contributed by atoms with van der Waals surface area (Å²) in [6.45, 7) is 0.218. The molecule has 1 saturated heterocycles. The maximum Gasteiger partial charge on any atom is 0.401 e. The predicted octanol–water partition coefficient (Wildman–Crippen LogP) is 3.38. The minimum atomic E-state index is -4.21. The third-order valence-corrected chi connectivity index (χ3v) is 4.09. The molecule has 128 valence electrons. The molecule has 0 aliphatic carbocycles. The zero-order chi connectivity index (χ0) is 17.0. The highest BCUT2D eigenvalue weighted by molar-refractivity contribution is 6.35. The Labute approximate surface area is 142 Å². The maximum absolute atomic E-state index is 12.3. The van der Waals surface area contributed by atoms with Crippen LogP contribution in [0.15, 0.2) is 18.2 Å². The second kappa shape index (κ2) is 7.59. The van der Waals surface area contributed by atoms with Crippen molar-refractivity contribution in [1.82, 2.24) is 15.1 Å². The molecule has 0 aromatic heterocycles. The molecule has 1 aliphatic rings. The second-order valence-electron chi connectivity index (χ2n) is 5.27. The monoisotopic (exact) mass is 369 g/mol. The SMILES string of the molecule is O=C(NCc1ccc(Cl)cc1Cl)N1CCN(CC(F)(F)F)CC1. The lowest BCUT2D eigenvalue weighted by atomic mass is 10.2. The van der Waals surface area contributed by atoms with Crippen molar-refractivity contribution in [3.63, 3.8) is 0 Å². The van der Waals surface area contributed by atoms with Gasteiger partial charge in [-0.1, -0.05) is 29.3 Å². The highest BCUT2D eigenvalue weighted by atomic mass is 35.5. The van der Waals surface area contributed by atoms with Gasteiger partial charge in [0.15, 0.2) is 0 Å². The van der Waals surface area contributed by atoms with E-state index in [2.05, 4.69) is 5.32 Å². The van der Waals surface area contributed by atoms with E-state index < -0.39 is 12.7 Å². The average molecular weight is 370 g/mol. The summed E-state index contributed by atoms with van der Waals surface area (Å²) in [6.07, 6.45) is -4.21. The Balaban J connectivity index is 1.79. The first-order valence-corrected chi connectivity index (χ1v) is 7.76. The van der Waals surface area contributed by atoms with E-state index in [1.807, 2.05) is 0 Å². The third-order valence-electron chi connectivity index (χ3n) is 3.51. The minimum Gasteiger partial charge on any atom is -0.334 e. The molecule has 2 rings (SSSR count). The molecule has 0 radical (unpaired) electrons. The minimum absolute atomic E-state index is 0.203. The van der Waals surface area contributed by atoms with E-state index >= 15 is 0 Å². The highest BCUT2D eigenvalue weighted by Gasteiger charge is 2.32. The molecule has 1 aromatic carbocycles. The molecule has 1 fully saturated rings. The van der Waals surface area contributed by atoms with Gasteiger partial charge < -0.3 is 10.2 Å². The van der Waals surface area contributed by atoms with Crippen LogP contribution < -0.4 is 5.32 Å². The van der Waals surface area contributed by atoms with Gasteiger partial charge in [-0.2, -0.15) is 13.2 Å². The fourth-order valence-electron chi connectivity index (χ4n) is 2.31. The van der Waals surface area contributed by atoms with E-state index in [1.54, 1.807) is 18.2 Å². The molecule has 0 saturated carbocycles. The summed E-state index contributed by atoms with van der Waals surface area (Å²) in [6, 6.07) is 4.65. The van der Waals surface area contributed by atoms with Crippen LogP contribution in [0.5, 0.6) is 0 Å². The summed E-state index contributed by atoms with van der Waals surface area (Å²) in [5.74, 6) is 0. The summed E-state index contributed by atoms with van der Waals surface area (Å²) >= 11 is 11.8. The van der Waals surface area contributed by atoms with Gasteiger partial charge in [0, 0.05) is 42.8 Å². The third kappa shape index (κ3) is 5.75. The smallest absolute Gasteiger partial charge is 0.334 e. The number of hydrogen-bond donors (Lipinski definition) is 1. The second-order valence-corrected chi connectivity index (χ2v) is 6.12. The molecule has 1 aromatic rings. The molecule has 0 unspecified atom stereocenters. The summed E-state index contributed by atoms with van der Waals surface area (Å²) in [7, 11) is 0. The first-order chi connectivity index (χ1) is 10.7. The van der Waals surface area contributed by atoms with Gasteiger partial charge in [0.25, 0.3) is 0 Å². The van der Waals surface area contributed by atoms with Crippen LogP contribution in [-0.4, -0.2) is 54.7 Å². The van der Waals surface area contributed by atoms with Gasteiger partial charge in [-0.05, 0) is 17.7 Å². The van der Waals surface area contributed by atoms with Crippen LogP contribution >= 0.6 is 23.2 Å². The van der Waals surface area contributed by atoms with Crippen LogP contribution in [0.1, 0.15) is 5.56 Å². The standard InChI is InChI=1S/C14H16Cl2F3N3O/c15-11-2-1-10(12(16)7-11)8-20-13(23)22-5-3-21(4-6-22)9-14(17,18)19/h1-2,7H,3-6,8-9H2,(H,20,23). The Morgan fingerprint density at radius 3 is 2.39 bits per heavy atom. The summed E-state index contributed by atoms with van der Waals surface area (Å²) in [5.41, 5.74) is 0.722. The molecule has 2 amide bonds. The number of benzene rings is 1. The molecule has 1 aliphatic heterocycles. The van der Waals surface area contributed by atoms with Gasteiger partial charge in [-0.3, -0.25) is 4.90 Å². The van der Waals surface area contributed by atoms with Gasteiger partial charge in [-0.25, -0.2) is 4.79 Å². The number of carbonyl (C=O) groups is 1. The van der Waals surface area contributed by atoms with Crippen LogP contribution in [0.4, 0.5) is 18.0 Å². The number of urea groups is 1. The Bertz CT molecular complexity index is 561. The fourth-order valence-corrected chi connectivity index (χ4v) is 2.79. The molecule has 23 heavy (non-hydrogen) atoms. The molecular weight excluding hydrogens is 354 g/mol. The number of hydrogen-bond acceptors (Lipinski definition) is 2. The van der Waals surface area contributed by atoms with Crippen LogP contribution in [0.25, 0.3) is 0 Å². The van der Waals surface area contributed by atoms with Crippen LogP contribution in [0.3, 0.4) is 0 Å². The van der Waals surface area contributed by atoms with Gasteiger partial charge in [-0.15, -0.1) is 0 Å². The topological polar surface area (TPSA) is 35.6 Å². The van der Waals surface area contributed by atoms with Crippen molar-refractivity contribution >= 4 is 29.2 Å². The van der Waals surface area contributed by atoms with E-state index in [-0.39, 0.29) is 38.8 Å². The highest BCUT2D eigenvalue weighted by Crippen LogP contribution is 2.21. The van der Waals surface area contributed by atoms with Crippen molar-refractivity contribution < 1.29 is 18.0 Å². The Kier molecular flexibility index (Phi) is 6.00. The van der Waals surface area contributed by atoms with Gasteiger partial charge >= 0.3 is 12.2 Å². The zero-order valence-electron chi connectivity index (χ0n) is 12.2. The van der Waals surface area contributed by atoms with Crippen molar-refractivity contribution in [2.45, 2.75) is 12.7 Å². The average Bonchev–Trinajstić information content (AvgIpc) is 2.45. The van der Waals surface area contributed by atoms with E-state index in [0.29, 0.717) is 10.0 Å². The quantitative estimate of drug-likeness (QED) is 0.886. The molecule has 4 nitrogen and oxygen atoms in total. The lowest BCUT2D eigenvalue weighted by molar-refractivity contribution is -0.148. The fraction of sp³-hybridized carbons (Fsp3) is 0.500. The van der Waals surface area contributed by atoms with Gasteiger partial charge in [0.1, 0.15) is 0 Å². The summed E-state index contributed by atoms with van der Waals surface area (Å²) < 4.78 is 36.9. The van der Waals surface area contributed by atoms with Gasteiger partial charge in [0.05, 0.1) is 6.54 Å². The number of piperazine rings is 1. The van der Waals surface area contributed by atoms with Crippen molar-refractivity contribution in [1.29, 1.82) is 0 Å². The molecule has 1 heterocycles. The Morgan fingerprint density at radius 2 is 1.83 bits per heavy atom. The first kappa shape index (κ1) is 18.2. The summed E-state index contributed by atoms with van der Waals surface area (Å²) in [4.78, 5) is 14.8. The van der Waals surface area contributed by atoms with Crippen LogP contribution in [0.2, 0.25) is 10.0 Å². The number of alkyl halides is 3. The molecule has 0 spiro atoms. The molecular formula is C14H16Cl2F3N3O. The van der Waals surface area contributed by atoms with E-state index in [9.17, 15) is 18.0 Å². The van der Waals surface area contributed by atoms with Crippen molar-refractivity contribution in [3.8, 4) is 0 Å². The lowest BCUT2D eigenvalue weighted by Gasteiger charge is -2.34. The molecule has 0 atom stereocenters. The van der Waals surface area contributed by atoms with Crippen LogP contribution in [0, 0.1) is 0 Å². The van der Waals surface area contributed by atoms with E-state index in [0.717, 1.165) is 5.56 Å². The normalized spacial score (nSPS) is 16.5. The maximum atomic E-state index is 12.3. The van der Waals surface area contributed by atoms with Crippen LogP contribution in [-0.2, 0) is 6.54 Å². The van der Waals surface area contributed by atoms with Crippen molar-refractivity contribution in [2.75, 3.05) is 32.7 Å². The number of nitrogens with zero attached hydrogens (tertiary/aromatic N) is 2.